The third-order valence-corrected chi connectivity index (χ3v) is 2.49. The van der Waals surface area contributed by atoms with Crippen molar-refractivity contribution in [2.24, 2.45) is 0 Å². The molecule has 5 heteroatoms. The van der Waals surface area contributed by atoms with Crippen molar-refractivity contribution in [1.82, 2.24) is 10.6 Å². The molecule has 0 fully saturated rings. The SMILES string of the molecule is Cc1cccc(OCCNC(=O)NCCC(C)O)c1. The van der Waals surface area contributed by atoms with E-state index >= 15 is 0 Å². The number of aliphatic hydroxyl groups is 1. The molecule has 0 aliphatic carbocycles. The molecule has 1 rings (SSSR count). The summed E-state index contributed by atoms with van der Waals surface area (Å²) >= 11 is 0. The standard InChI is InChI=1S/C14H22N2O3/c1-11-4-3-5-13(10-11)19-9-8-16-14(18)15-7-6-12(2)17/h3-5,10,12,17H,6-9H2,1-2H3,(H2,15,16,18). The van der Waals surface area contributed by atoms with Crippen LogP contribution in [-0.4, -0.2) is 36.9 Å². The maximum atomic E-state index is 11.3. The largest absolute Gasteiger partial charge is 0.492 e. The van der Waals surface area contributed by atoms with Crippen molar-refractivity contribution < 1.29 is 14.6 Å². The van der Waals surface area contributed by atoms with E-state index in [1.165, 1.54) is 0 Å². The van der Waals surface area contributed by atoms with Gasteiger partial charge < -0.3 is 20.5 Å². The predicted molar refractivity (Wildman–Crippen MR) is 74.4 cm³/mol. The molecule has 106 valence electrons. The summed E-state index contributed by atoms with van der Waals surface area (Å²) in [7, 11) is 0. The minimum Gasteiger partial charge on any atom is -0.492 e. The number of ether oxygens (including phenoxy) is 1. The van der Waals surface area contributed by atoms with E-state index in [0.29, 0.717) is 26.1 Å². The highest BCUT2D eigenvalue weighted by molar-refractivity contribution is 5.73. The van der Waals surface area contributed by atoms with Crippen LogP contribution in [0.15, 0.2) is 24.3 Å². The minimum absolute atomic E-state index is 0.242. The number of rotatable bonds is 7. The molecular weight excluding hydrogens is 244 g/mol. The molecule has 5 nitrogen and oxygen atoms in total. The van der Waals surface area contributed by atoms with Gasteiger partial charge in [-0.3, -0.25) is 0 Å². The van der Waals surface area contributed by atoms with Crippen LogP contribution in [0, 0.1) is 6.92 Å². The maximum absolute atomic E-state index is 11.3. The van der Waals surface area contributed by atoms with Crippen molar-refractivity contribution in [3.63, 3.8) is 0 Å². The number of hydrogen-bond donors (Lipinski definition) is 3. The first kappa shape index (κ1) is 15.3. The molecule has 2 amide bonds. The summed E-state index contributed by atoms with van der Waals surface area (Å²) in [4.78, 5) is 11.3. The van der Waals surface area contributed by atoms with Crippen LogP contribution in [0.25, 0.3) is 0 Å². The van der Waals surface area contributed by atoms with Gasteiger partial charge >= 0.3 is 6.03 Å². The zero-order chi connectivity index (χ0) is 14.1. The normalized spacial score (nSPS) is 11.7. The fourth-order valence-electron chi connectivity index (χ4n) is 1.50. The predicted octanol–water partition coefficient (Wildman–Crippen LogP) is 1.44. The summed E-state index contributed by atoms with van der Waals surface area (Å²) < 4.78 is 5.50. The van der Waals surface area contributed by atoms with E-state index in [1.54, 1.807) is 6.92 Å². The number of nitrogens with one attached hydrogen (secondary N) is 2. The first-order valence-corrected chi connectivity index (χ1v) is 6.47. The molecule has 0 heterocycles. The molecule has 0 saturated carbocycles. The Bertz CT molecular complexity index is 394. The highest BCUT2D eigenvalue weighted by atomic mass is 16.5. The third kappa shape index (κ3) is 7.31. The lowest BCUT2D eigenvalue weighted by Crippen LogP contribution is -2.38. The van der Waals surface area contributed by atoms with Crippen LogP contribution in [0.4, 0.5) is 4.79 Å². The van der Waals surface area contributed by atoms with E-state index < -0.39 is 6.10 Å². The van der Waals surface area contributed by atoms with Crippen LogP contribution >= 0.6 is 0 Å². The van der Waals surface area contributed by atoms with Gasteiger partial charge in [-0.05, 0) is 38.0 Å². The van der Waals surface area contributed by atoms with Gasteiger partial charge in [-0.15, -0.1) is 0 Å². The molecule has 0 saturated heterocycles. The Morgan fingerprint density at radius 3 is 2.79 bits per heavy atom. The number of aryl methyl sites for hydroxylation is 1. The highest BCUT2D eigenvalue weighted by Crippen LogP contribution is 2.11. The van der Waals surface area contributed by atoms with Crippen molar-refractivity contribution in [3.8, 4) is 5.75 Å². The van der Waals surface area contributed by atoms with Gasteiger partial charge in [0.2, 0.25) is 0 Å². The van der Waals surface area contributed by atoms with Gasteiger partial charge in [0.25, 0.3) is 0 Å². The lowest BCUT2D eigenvalue weighted by molar-refractivity contribution is 0.183. The van der Waals surface area contributed by atoms with Gasteiger partial charge in [0, 0.05) is 6.54 Å². The first-order chi connectivity index (χ1) is 9.08. The number of aliphatic hydroxyl groups excluding tert-OH is 1. The van der Waals surface area contributed by atoms with Crippen LogP contribution in [0.5, 0.6) is 5.75 Å². The molecule has 1 aromatic rings. The highest BCUT2D eigenvalue weighted by Gasteiger charge is 2.01. The lowest BCUT2D eigenvalue weighted by atomic mass is 10.2. The number of carbonyl (C=O) groups is 1. The minimum atomic E-state index is -0.398. The first-order valence-electron chi connectivity index (χ1n) is 6.47. The molecule has 0 aliphatic rings. The summed E-state index contributed by atoms with van der Waals surface area (Å²) in [6.45, 7) is 5.01. The average Bonchev–Trinajstić information content (AvgIpc) is 2.34. The summed E-state index contributed by atoms with van der Waals surface area (Å²) in [6.07, 6.45) is 0.151. The molecule has 0 bridgehead atoms. The summed E-state index contributed by atoms with van der Waals surface area (Å²) in [5.41, 5.74) is 1.14. The van der Waals surface area contributed by atoms with Crippen molar-refractivity contribution in [1.29, 1.82) is 0 Å². The Kier molecular flexibility index (Phi) is 6.74. The monoisotopic (exact) mass is 266 g/mol. The summed E-state index contributed by atoms with van der Waals surface area (Å²) in [6, 6.07) is 7.52. The molecule has 0 spiro atoms. The van der Waals surface area contributed by atoms with E-state index in [4.69, 9.17) is 9.84 Å². The Morgan fingerprint density at radius 2 is 2.11 bits per heavy atom. The van der Waals surface area contributed by atoms with Gasteiger partial charge in [0.1, 0.15) is 12.4 Å². The fourth-order valence-corrected chi connectivity index (χ4v) is 1.50. The van der Waals surface area contributed by atoms with Crippen LogP contribution in [0.1, 0.15) is 18.9 Å². The van der Waals surface area contributed by atoms with Gasteiger partial charge in [-0.1, -0.05) is 12.1 Å². The van der Waals surface area contributed by atoms with Crippen molar-refractivity contribution in [2.45, 2.75) is 26.4 Å². The molecule has 3 N–H and O–H groups in total. The van der Waals surface area contributed by atoms with Crippen molar-refractivity contribution in [3.05, 3.63) is 29.8 Å². The zero-order valence-electron chi connectivity index (χ0n) is 11.5. The van der Waals surface area contributed by atoms with Gasteiger partial charge in [0.05, 0.1) is 12.6 Å². The van der Waals surface area contributed by atoms with Crippen LogP contribution in [-0.2, 0) is 0 Å². The maximum Gasteiger partial charge on any atom is 0.314 e. The molecule has 0 aliphatic heterocycles. The third-order valence-electron chi connectivity index (χ3n) is 2.49. The molecule has 0 radical (unpaired) electrons. The Labute approximate surface area is 114 Å². The molecule has 1 aromatic carbocycles. The number of carbonyl (C=O) groups excluding carboxylic acids is 1. The summed E-state index contributed by atoms with van der Waals surface area (Å²) in [5, 5.41) is 14.4. The van der Waals surface area contributed by atoms with Crippen LogP contribution in [0.3, 0.4) is 0 Å². The van der Waals surface area contributed by atoms with Gasteiger partial charge in [-0.25, -0.2) is 4.79 Å². The second-order valence-electron chi connectivity index (χ2n) is 4.49. The van der Waals surface area contributed by atoms with E-state index in [2.05, 4.69) is 10.6 Å². The smallest absolute Gasteiger partial charge is 0.314 e. The van der Waals surface area contributed by atoms with Crippen LogP contribution < -0.4 is 15.4 Å². The Balaban J connectivity index is 2.08. The lowest BCUT2D eigenvalue weighted by Gasteiger charge is -2.10. The number of amides is 2. The number of urea groups is 1. The topological polar surface area (TPSA) is 70.6 Å². The number of hydrogen-bond acceptors (Lipinski definition) is 3. The van der Waals surface area contributed by atoms with E-state index in [0.717, 1.165) is 11.3 Å². The summed E-state index contributed by atoms with van der Waals surface area (Å²) in [5.74, 6) is 0.802. The quantitative estimate of drug-likeness (QED) is 0.654. The molecule has 19 heavy (non-hydrogen) atoms. The zero-order valence-corrected chi connectivity index (χ0v) is 11.5. The fraction of sp³-hybridized carbons (Fsp3) is 0.500. The molecule has 0 aromatic heterocycles. The van der Waals surface area contributed by atoms with Gasteiger partial charge in [-0.2, -0.15) is 0 Å². The molecule has 1 unspecified atom stereocenters. The van der Waals surface area contributed by atoms with Crippen molar-refractivity contribution in [2.75, 3.05) is 19.7 Å². The molecular formula is C14H22N2O3. The van der Waals surface area contributed by atoms with Gasteiger partial charge in [0.15, 0.2) is 0 Å². The van der Waals surface area contributed by atoms with E-state index in [1.807, 2.05) is 31.2 Å². The van der Waals surface area contributed by atoms with E-state index in [-0.39, 0.29) is 6.03 Å². The Hall–Kier alpha value is -1.75. The number of benzene rings is 1. The molecule has 1 atom stereocenters. The van der Waals surface area contributed by atoms with Crippen LogP contribution in [0.2, 0.25) is 0 Å². The van der Waals surface area contributed by atoms with E-state index in [9.17, 15) is 4.79 Å². The Morgan fingerprint density at radius 1 is 1.37 bits per heavy atom. The second-order valence-corrected chi connectivity index (χ2v) is 4.49. The average molecular weight is 266 g/mol. The second kappa shape index (κ2) is 8.37. The van der Waals surface area contributed by atoms with Crippen molar-refractivity contribution >= 4 is 6.03 Å².